The van der Waals surface area contributed by atoms with Crippen LogP contribution in [-0.2, 0) is 6.54 Å². The van der Waals surface area contributed by atoms with Crippen molar-refractivity contribution < 1.29 is 0 Å². The van der Waals surface area contributed by atoms with Crippen LogP contribution in [0.3, 0.4) is 0 Å². The third-order valence-corrected chi connectivity index (χ3v) is 2.89. The van der Waals surface area contributed by atoms with Gasteiger partial charge in [-0.3, -0.25) is 4.79 Å². The summed E-state index contributed by atoms with van der Waals surface area (Å²) >= 11 is 5.89. The molecule has 1 aliphatic heterocycles. The largest absolute Gasteiger partial charge is 0.332 e. The molecule has 0 saturated carbocycles. The molecule has 2 aromatic rings. The molecule has 0 bridgehead atoms. The highest BCUT2D eigenvalue weighted by atomic mass is 35.5. The first-order valence-corrected chi connectivity index (χ1v) is 5.62. The van der Waals surface area contributed by atoms with Crippen LogP contribution in [-0.4, -0.2) is 14.8 Å². The average molecular weight is 249 g/mol. The molecule has 1 aliphatic rings. The zero-order chi connectivity index (χ0) is 12.0. The second-order valence-corrected chi connectivity index (χ2v) is 4.09. The lowest BCUT2D eigenvalue weighted by Gasteiger charge is -2.10. The number of aromatic nitrogens is 2. The molecule has 0 aromatic carbocycles. The number of amidine groups is 1. The molecule has 3 rings (SSSR count). The van der Waals surface area contributed by atoms with Gasteiger partial charge >= 0.3 is 0 Å². The van der Waals surface area contributed by atoms with Crippen LogP contribution in [0.1, 0.15) is 6.92 Å². The van der Waals surface area contributed by atoms with Crippen LogP contribution >= 0.6 is 11.6 Å². The van der Waals surface area contributed by atoms with Crippen LogP contribution in [0.4, 0.5) is 11.6 Å². The van der Waals surface area contributed by atoms with Gasteiger partial charge in [-0.1, -0.05) is 0 Å². The highest BCUT2D eigenvalue weighted by Crippen LogP contribution is 2.35. The molecule has 0 aliphatic carbocycles. The van der Waals surface area contributed by atoms with Crippen molar-refractivity contribution in [1.29, 1.82) is 0 Å². The lowest BCUT2D eigenvalue weighted by Crippen LogP contribution is -2.12. The van der Waals surface area contributed by atoms with Gasteiger partial charge in [0.15, 0.2) is 0 Å². The number of aliphatic imine (C=N–C) groups is 1. The second-order valence-electron chi connectivity index (χ2n) is 3.73. The smallest absolute Gasteiger partial charge is 0.271 e. The van der Waals surface area contributed by atoms with E-state index in [1.807, 2.05) is 17.7 Å². The maximum absolute atomic E-state index is 11.4. The molecule has 1 N–H and O–H groups in total. The van der Waals surface area contributed by atoms with Crippen molar-refractivity contribution in [1.82, 2.24) is 9.55 Å². The Morgan fingerprint density at radius 2 is 2.29 bits per heavy atom. The van der Waals surface area contributed by atoms with E-state index in [0.29, 0.717) is 5.82 Å². The van der Waals surface area contributed by atoms with E-state index in [4.69, 9.17) is 11.6 Å². The number of aryl methyl sites for hydroxylation is 1. The average Bonchev–Trinajstić information content (AvgIpc) is 2.55. The van der Waals surface area contributed by atoms with E-state index in [1.54, 1.807) is 6.07 Å². The summed E-state index contributed by atoms with van der Waals surface area (Å²) in [6.45, 7) is 2.80. The normalized spacial score (nSPS) is 13.4. The number of rotatable bonds is 1. The highest BCUT2D eigenvalue weighted by Gasteiger charge is 2.18. The van der Waals surface area contributed by atoms with E-state index in [2.05, 4.69) is 15.3 Å². The van der Waals surface area contributed by atoms with Gasteiger partial charge in [-0.05, 0) is 24.6 Å². The second kappa shape index (κ2) is 3.56. The maximum Gasteiger partial charge on any atom is 0.271 e. The molecular formula is C11H9ClN4O. The first-order chi connectivity index (χ1) is 8.19. The summed E-state index contributed by atoms with van der Waals surface area (Å²) in [6, 6.07) is 3.19. The lowest BCUT2D eigenvalue weighted by atomic mass is 10.2. The van der Waals surface area contributed by atoms with Gasteiger partial charge < -0.3 is 9.88 Å². The molecule has 3 heterocycles. The van der Waals surface area contributed by atoms with Gasteiger partial charge in [0.2, 0.25) is 5.29 Å². The standard InChI is InChI=1S/C11H9ClN4O/c1-2-16-5-6-3-4-7(17)13-9-8(6)10(16)15-11(12)14-9/h3-5H,2H2,1H3,(H,13,14,15,17). The van der Waals surface area contributed by atoms with Gasteiger partial charge in [0.25, 0.3) is 5.56 Å². The van der Waals surface area contributed by atoms with Crippen LogP contribution < -0.4 is 10.9 Å². The van der Waals surface area contributed by atoms with Crippen molar-refractivity contribution in [3.63, 3.8) is 0 Å². The van der Waals surface area contributed by atoms with E-state index >= 15 is 0 Å². The van der Waals surface area contributed by atoms with E-state index in [9.17, 15) is 4.79 Å². The summed E-state index contributed by atoms with van der Waals surface area (Å²) in [5, 5.41) is 4.80. The van der Waals surface area contributed by atoms with Crippen molar-refractivity contribution >= 4 is 39.3 Å². The molecule has 6 heteroatoms. The molecule has 0 fully saturated rings. The van der Waals surface area contributed by atoms with Crippen LogP contribution in [0.5, 0.6) is 0 Å². The Morgan fingerprint density at radius 1 is 1.47 bits per heavy atom. The van der Waals surface area contributed by atoms with E-state index in [-0.39, 0.29) is 10.9 Å². The van der Waals surface area contributed by atoms with Gasteiger partial charge in [-0.15, -0.1) is 0 Å². The molecule has 86 valence electrons. The lowest BCUT2D eigenvalue weighted by molar-refractivity contribution is 0.775. The predicted molar refractivity (Wildman–Crippen MR) is 68.2 cm³/mol. The Balaban J connectivity index is 2.51. The molecule has 0 spiro atoms. The third kappa shape index (κ3) is 1.51. The minimum atomic E-state index is -0.302. The third-order valence-electron chi connectivity index (χ3n) is 2.71. The van der Waals surface area contributed by atoms with Gasteiger partial charge in [0.05, 0.1) is 5.39 Å². The van der Waals surface area contributed by atoms with Crippen molar-refractivity contribution in [3.8, 4) is 0 Å². The van der Waals surface area contributed by atoms with Crippen molar-refractivity contribution in [2.45, 2.75) is 13.5 Å². The zero-order valence-electron chi connectivity index (χ0n) is 9.07. The SMILES string of the molecule is CCn1cc2ccc(=O)nc3c2c1N=C(Cl)N3. The number of hydrogen-bond acceptors (Lipinski definition) is 4. The van der Waals surface area contributed by atoms with Gasteiger partial charge in [0.1, 0.15) is 11.6 Å². The topological polar surface area (TPSA) is 59.3 Å². The Morgan fingerprint density at radius 3 is 3.06 bits per heavy atom. The number of hydrogen-bond donors (Lipinski definition) is 1. The van der Waals surface area contributed by atoms with Crippen molar-refractivity contribution in [2.24, 2.45) is 4.99 Å². The quantitative estimate of drug-likeness (QED) is 0.786. The van der Waals surface area contributed by atoms with Crippen LogP contribution in [0.15, 0.2) is 28.1 Å². The Bertz CT molecular complexity index is 704. The first-order valence-electron chi connectivity index (χ1n) is 5.24. The molecule has 0 amide bonds. The molecule has 0 radical (unpaired) electrons. The molecular weight excluding hydrogens is 240 g/mol. The fourth-order valence-electron chi connectivity index (χ4n) is 1.97. The Labute approximate surface area is 102 Å². The molecule has 2 aromatic heterocycles. The fraction of sp³-hybridized carbons (Fsp3) is 0.182. The van der Waals surface area contributed by atoms with Gasteiger partial charge in [-0.2, -0.15) is 4.98 Å². The minimum Gasteiger partial charge on any atom is -0.332 e. The molecule has 0 unspecified atom stereocenters. The van der Waals surface area contributed by atoms with Crippen molar-refractivity contribution in [3.05, 3.63) is 28.7 Å². The summed E-state index contributed by atoms with van der Waals surface area (Å²) in [4.78, 5) is 19.6. The summed E-state index contributed by atoms with van der Waals surface area (Å²) in [5.41, 5.74) is -0.302. The Hall–Kier alpha value is -1.88. The summed E-state index contributed by atoms with van der Waals surface area (Å²) < 4.78 is 1.98. The van der Waals surface area contributed by atoms with Crippen molar-refractivity contribution in [2.75, 3.05) is 5.32 Å². The zero-order valence-corrected chi connectivity index (χ0v) is 9.82. The number of nitrogens with zero attached hydrogens (tertiary/aromatic N) is 3. The maximum atomic E-state index is 11.4. The minimum absolute atomic E-state index is 0.227. The highest BCUT2D eigenvalue weighted by molar-refractivity contribution is 6.68. The first kappa shape index (κ1) is 10.3. The summed E-state index contributed by atoms with van der Waals surface area (Å²) in [6.07, 6.45) is 1.94. The predicted octanol–water partition coefficient (Wildman–Crippen LogP) is 2.07. The molecule has 17 heavy (non-hydrogen) atoms. The van der Waals surface area contributed by atoms with E-state index in [0.717, 1.165) is 23.1 Å². The molecule has 0 saturated heterocycles. The Kier molecular flexibility index (Phi) is 2.16. The van der Waals surface area contributed by atoms with Gasteiger partial charge in [-0.25, -0.2) is 4.99 Å². The van der Waals surface area contributed by atoms with Crippen LogP contribution in [0.25, 0.3) is 10.8 Å². The van der Waals surface area contributed by atoms with E-state index in [1.165, 1.54) is 6.07 Å². The fourth-order valence-corrected chi connectivity index (χ4v) is 2.14. The number of halogens is 1. The number of nitrogens with one attached hydrogen (secondary N) is 1. The van der Waals surface area contributed by atoms with Gasteiger partial charge in [0, 0.05) is 24.2 Å². The molecule has 0 atom stereocenters. The van der Waals surface area contributed by atoms with E-state index < -0.39 is 0 Å². The van der Waals surface area contributed by atoms with Crippen LogP contribution in [0.2, 0.25) is 0 Å². The van der Waals surface area contributed by atoms with Crippen LogP contribution in [0, 0.1) is 0 Å². The molecule has 5 nitrogen and oxygen atoms in total. The monoisotopic (exact) mass is 248 g/mol. The number of anilines is 1. The summed E-state index contributed by atoms with van der Waals surface area (Å²) in [5.74, 6) is 1.21. The summed E-state index contributed by atoms with van der Waals surface area (Å²) in [7, 11) is 0.